The number of carboxylic acids is 1. The zero-order chi connectivity index (χ0) is 14.8. The molecular formula is C16H18N2O3. The molecule has 3 N–H and O–H groups in total. The van der Waals surface area contributed by atoms with Gasteiger partial charge in [0.25, 0.3) is 0 Å². The Bertz CT molecular complexity index is 597. The van der Waals surface area contributed by atoms with Crippen molar-refractivity contribution in [2.24, 2.45) is 11.8 Å². The van der Waals surface area contributed by atoms with Gasteiger partial charge in [-0.25, -0.2) is 0 Å². The second-order valence-corrected chi connectivity index (χ2v) is 5.62. The first kappa shape index (κ1) is 13.7. The summed E-state index contributed by atoms with van der Waals surface area (Å²) in [5.41, 5.74) is 2.24. The predicted octanol–water partition coefficient (Wildman–Crippen LogP) is 1.42. The lowest BCUT2D eigenvalue weighted by molar-refractivity contribution is -0.140. The fourth-order valence-electron chi connectivity index (χ4n) is 2.92. The molecule has 1 aliphatic heterocycles. The van der Waals surface area contributed by atoms with Crippen molar-refractivity contribution < 1.29 is 14.7 Å². The monoisotopic (exact) mass is 286 g/mol. The summed E-state index contributed by atoms with van der Waals surface area (Å²) in [6.07, 6.45) is 4.59. The van der Waals surface area contributed by atoms with Crippen LogP contribution >= 0.6 is 0 Å². The lowest BCUT2D eigenvalue weighted by atomic mass is 9.93. The Morgan fingerprint density at radius 1 is 1.24 bits per heavy atom. The van der Waals surface area contributed by atoms with Gasteiger partial charge in [-0.05, 0) is 24.5 Å². The molecule has 110 valence electrons. The number of amides is 1. The van der Waals surface area contributed by atoms with E-state index in [1.165, 1.54) is 0 Å². The van der Waals surface area contributed by atoms with Gasteiger partial charge in [-0.3, -0.25) is 9.59 Å². The number of benzene rings is 1. The molecule has 0 saturated heterocycles. The second-order valence-electron chi connectivity index (χ2n) is 5.62. The van der Waals surface area contributed by atoms with Crippen molar-refractivity contribution in [1.29, 1.82) is 0 Å². The molecule has 5 nitrogen and oxygen atoms in total. The van der Waals surface area contributed by atoms with Gasteiger partial charge in [0.2, 0.25) is 5.91 Å². The Labute approximate surface area is 123 Å². The predicted molar refractivity (Wildman–Crippen MR) is 78.9 cm³/mol. The summed E-state index contributed by atoms with van der Waals surface area (Å²) in [7, 11) is 0. The smallest absolute Gasteiger partial charge is 0.310 e. The van der Waals surface area contributed by atoms with Crippen molar-refractivity contribution in [1.82, 2.24) is 5.32 Å². The Morgan fingerprint density at radius 3 is 2.81 bits per heavy atom. The Hall–Kier alpha value is -2.30. The first-order valence-electron chi connectivity index (χ1n) is 7.17. The molecule has 1 amide bonds. The summed E-state index contributed by atoms with van der Waals surface area (Å²) in [4.78, 5) is 23.2. The SMILES string of the molecule is O=C(O)C1C=CC(NC(=O)C2CNc3ccccc3C2)C1. The van der Waals surface area contributed by atoms with Gasteiger partial charge in [0.1, 0.15) is 0 Å². The quantitative estimate of drug-likeness (QED) is 0.734. The highest BCUT2D eigenvalue weighted by Crippen LogP contribution is 2.25. The third-order valence-electron chi connectivity index (χ3n) is 4.12. The second kappa shape index (κ2) is 5.60. The molecule has 0 fully saturated rings. The molecule has 0 radical (unpaired) electrons. The molecule has 0 aromatic heterocycles. The van der Waals surface area contributed by atoms with Crippen LogP contribution in [0.4, 0.5) is 5.69 Å². The van der Waals surface area contributed by atoms with Crippen LogP contribution < -0.4 is 10.6 Å². The number of anilines is 1. The van der Waals surface area contributed by atoms with Crippen LogP contribution in [0.2, 0.25) is 0 Å². The molecule has 5 heteroatoms. The van der Waals surface area contributed by atoms with Crippen LogP contribution in [0, 0.1) is 11.8 Å². The van der Waals surface area contributed by atoms with Crippen LogP contribution in [-0.4, -0.2) is 29.6 Å². The maximum absolute atomic E-state index is 12.3. The van der Waals surface area contributed by atoms with Gasteiger partial charge in [-0.1, -0.05) is 30.4 Å². The Balaban J connectivity index is 1.58. The molecule has 0 spiro atoms. The molecule has 1 aromatic rings. The molecule has 1 aliphatic carbocycles. The molecule has 0 bridgehead atoms. The zero-order valence-corrected chi connectivity index (χ0v) is 11.6. The average molecular weight is 286 g/mol. The van der Waals surface area contributed by atoms with E-state index in [0.29, 0.717) is 19.4 Å². The number of para-hydroxylation sites is 1. The summed E-state index contributed by atoms with van der Waals surface area (Å²) >= 11 is 0. The van der Waals surface area contributed by atoms with E-state index in [2.05, 4.69) is 10.6 Å². The maximum atomic E-state index is 12.3. The lowest BCUT2D eigenvalue weighted by Crippen LogP contribution is -2.42. The van der Waals surface area contributed by atoms with E-state index in [1.54, 1.807) is 12.2 Å². The highest BCUT2D eigenvalue weighted by Gasteiger charge is 2.29. The summed E-state index contributed by atoms with van der Waals surface area (Å²) in [6, 6.07) is 7.81. The largest absolute Gasteiger partial charge is 0.481 e. The molecule has 3 unspecified atom stereocenters. The number of fused-ring (bicyclic) bond motifs is 1. The van der Waals surface area contributed by atoms with Gasteiger partial charge in [0, 0.05) is 18.3 Å². The van der Waals surface area contributed by atoms with Crippen LogP contribution in [0.3, 0.4) is 0 Å². The zero-order valence-electron chi connectivity index (χ0n) is 11.6. The van der Waals surface area contributed by atoms with E-state index in [9.17, 15) is 9.59 Å². The average Bonchev–Trinajstić information content (AvgIpc) is 2.95. The van der Waals surface area contributed by atoms with E-state index >= 15 is 0 Å². The van der Waals surface area contributed by atoms with E-state index in [1.807, 2.05) is 24.3 Å². The van der Waals surface area contributed by atoms with Gasteiger partial charge >= 0.3 is 5.97 Å². The van der Waals surface area contributed by atoms with Gasteiger partial charge in [0.15, 0.2) is 0 Å². The number of carbonyl (C=O) groups is 2. The van der Waals surface area contributed by atoms with Crippen molar-refractivity contribution in [3.63, 3.8) is 0 Å². The molecule has 21 heavy (non-hydrogen) atoms. The van der Waals surface area contributed by atoms with E-state index in [0.717, 1.165) is 11.3 Å². The summed E-state index contributed by atoms with van der Waals surface area (Å²) in [5.74, 6) is -1.45. The minimum Gasteiger partial charge on any atom is -0.481 e. The Kier molecular flexibility index (Phi) is 3.64. The standard InChI is InChI=1S/C16H18N2O3/c19-15(18-13-6-5-11(8-13)16(20)21)12-7-10-3-1-2-4-14(10)17-9-12/h1-6,11-13,17H,7-9H2,(H,18,19)(H,20,21). The van der Waals surface area contributed by atoms with Crippen molar-refractivity contribution in [3.8, 4) is 0 Å². The molecular weight excluding hydrogens is 268 g/mol. The summed E-state index contributed by atoms with van der Waals surface area (Å²) in [5, 5.41) is 15.2. The minimum absolute atomic E-state index is 0.0160. The first-order chi connectivity index (χ1) is 10.1. The highest BCUT2D eigenvalue weighted by atomic mass is 16.4. The van der Waals surface area contributed by atoms with E-state index in [4.69, 9.17) is 5.11 Å². The number of rotatable bonds is 3. The van der Waals surface area contributed by atoms with E-state index < -0.39 is 11.9 Å². The fraction of sp³-hybridized carbons (Fsp3) is 0.375. The van der Waals surface area contributed by atoms with Gasteiger partial charge in [-0.15, -0.1) is 0 Å². The summed E-state index contributed by atoms with van der Waals surface area (Å²) < 4.78 is 0. The van der Waals surface area contributed by atoms with Gasteiger partial charge < -0.3 is 15.7 Å². The third-order valence-corrected chi connectivity index (χ3v) is 4.12. The lowest BCUT2D eigenvalue weighted by Gasteiger charge is -2.26. The van der Waals surface area contributed by atoms with Crippen LogP contribution in [0.5, 0.6) is 0 Å². The van der Waals surface area contributed by atoms with Crippen LogP contribution in [0.25, 0.3) is 0 Å². The minimum atomic E-state index is -0.837. The number of carbonyl (C=O) groups excluding carboxylic acids is 1. The normalized spacial score (nSPS) is 26.8. The molecule has 1 heterocycles. The number of nitrogens with one attached hydrogen (secondary N) is 2. The van der Waals surface area contributed by atoms with Crippen LogP contribution in [-0.2, 0) is 16.0 Å². The first-order valence-corrected chi connectivity index (χ1v) is 7.17. The van der Waals surface area contributed by atoms with Crippen molar-refractivity contribution in [3.05, 3.63) is 42.0 Å². The number of carboxylic acid groups (broad SMARTS) is 1. The van der Waals surface area contributed by atoms with Crippen LogP contribution in [0.15, 0.2) is 36.4 Å². The number of hydrogen-bond acceptors (Lipinski definition) is 3. The Morgan fingerprint density at radius 2 is 2.05 bits per heavy atom. The number of hydrogen-bond donors (Lipinski definition) is 3. The van der Waals surface area contributed by atoms with Crippen molar-refractivity contribution in [2.75, 3.05) is 11.9 Å². The molecule has 2 aliphatic rings. The fourth-order valence-corrected chi connectivity index (χ4v) is 2.92. The molecule has 1 aromatic carbocycles. The topological polar surface area (TPSA) is 78.4 Å². The summed E-state index contributed by atoms with van der Waals surface area (Å²) in [6.45, 7) is 0.613. The van der Waals surface area contributed by atoms with Gasteiger partial charge in [-0.2, -0.15) is 0 Å². The van der Waals surface area contributed by atoms with Crippen LogP contribution in [0.1, 0.15) is 12.0 Å². The van der Waals surface area contributed by atoms with E-state index in [-0.39, 0.29) is 17.9 Å². The molecule has 3 atom stereocenters. The highest BCUT2D eigenvalue weighted by molar-refractivity contribution is 5.82. The third kappa shape index (κ3) is 2.91. The van der Waals surface area contributed by atoms with Crippen molar-refractivity contribution in [2.45, 2.75) is 18.9 Å². The number of aliphatic carboxylic acids is 1. The maximum Gasteiger partial charge on any atom is 0.310 e. The molecule has 0 saturated carbocycles. The molecule has 3 rings (SSSR count). The van der Waals surface area contributed by atoms with Crippen molar-refractivity contribution >= 4 is 17.6 Å². The van der Waals surface area contributed by atoms with Gasteiger partial charge in [0.05, 0.1) is 11.8 Å².